The molecule has 0 unspecified atom stereocenters. The minimum absolute atomic E-state index is 0.0252. The van der Waals surface area contributed by atoms with Crippen LogP contribution >= 0.6 is 11.6 Å². The maximum atomic E-state index is 11.0. The molecule has 0 aliphatic rings. The summed E-state index contributed by atoms with van der Waals surface area (Å²) in [6.07, 6.45) is 0.988. The third-order valence-electron chi connectivity index (χ3n) is 1.80. The molecule has 5 nitrogen and oxygen atoms in total. The number of alkyl halides is 1. The van der Waals surface area contributed by atoms with Crippen LogP contribution in [0.2, 0.25) is 0 Å². The summed E-state index contributed by atoms with van der Waals surface area (Å²) in [6.45, 7) is -0.0252. The van der Waals surface area contributed by atoms with E-state index in [-0.39, 0.29) is 18.4 Å². The van der Waals surface area contributed by atoms with E-state index in [4.69, 9.17) is 11.6 Å². The molecular weight excluding hydrogens is 266 g/mol. The van der Waals surface area contributed by atoms with E-state index in [1.54, 1.807) is 24.3 Å². The second-order valence-electron chi connectivity index (χ2n) is 3.35. The Bertz CT molecular complexity index is 484. The van der Waals surface area contributed by atoms with Gasteiger partial charge in [-0.25, -0.2) is 0 Å². The number of halogens is 1. The fourth-order valence-electron chi connectivity index (χ4n) is 1.05. The van der Waals surface area contributed by atoms with Crippen molar-refractivity contribution in [2.45, 2.75) is 6.61 Å². The number of anilines is 1. The molecule has 94 valence electrons. The third-order valence-corrected chi connectivity index (χ3v) is 2.59. The van der Waals surface area contributed by atoms with Crippen LogP contribution in [-0.4, -0.2) is 26.5 Å². The van der Waals surface area contributed by atoms with E-state index in [2.05, 4.69) is 9.50 Å². The zero-order valence-electron chi connectivity index (χ0n) is 9.14. The van der Waals surface area contributed by atoms with Crippen molar-refractivity contribution in [2.75, 3.05) is 17.5 Å². The highest BCUT2D eigenvalue weighted by Crippen LogP contribution is 2.11. The van der Waals surface area contributed by atoms with Crippen molar-refractivity contribution in [1.29, 1.82) is 0 Å². The summed E-state index contributed by atoms with van der Waals surface area (Å²) in [5, 5.41) is 2.56. The highest BCUT2D eigenvalue weighted by atomic mass is 35.5. The SMILES string of the molecule is CS(=O)(=O)OCc1ccc(NC(=O)CCl)cc1. The van der Waals surface area contributed by atoms with E-state index in [1.807, 2.05) is 0 Å². The van der Waals surface area contributed by atoms with Gasteiger partial charge in [-0.2, -0.15) is 8.42 Å². The molecule has 17 heavy (non-hydrogen) atoms. The zero-order valence-corrected chi connectivity index (χ0v) is 10.7. The second kappa shape index (κ2) is 6.00. The quantitative estimate of drug-likeness (QED) is 0.651. The summed E-state index contributed by atoms with van der Waals surface area (Å²) in [6, 6.07) is 6.61. The summed E-state index contributed by atoms with van der Waals surface area (Å²) in [4.78, 5) is 11.0. The van der Waals surface area contributed by atoms with Gasteiger partial charge >= 0.3 is 0 Å². The Balaban J connectivity index is 2.59. The molecule has 0 fully saturated rings. The van der Waals surface area contributed by atoms with Crippen molar-refractivity contribution in [2.24, 2.45) is 0 Å². The van der Waals surface area contributed by atoms with E-state index < -0.39 is 10.1 Å². The third kappa shape index (κ3) is 5.67. The van der Waals surface area contributed by atoms with Gasteiger partial charge in [0.1, 0.15) is 5.88 Å². The number of amides is 1. The molecule has 0 atom stereocenters. The van der Waals surface area contributed by atoms with Gasteiger partial charge in [-0.1, -0.05) is 12.1 Å². The molecule has 1 amide bonds. The largest absolute Gasteiger partial charge is 0.325 e. The van der Waals surface area contributed by atoms with E-state index in [9.17, 15) is 13.2 Å². The maximum Gasteiger partial charge on any atom is 0.264 e. The first-order valence-electron chi connectivity index (χ1n) is 4.70. The van der Waals surface area contributed by atoms with Crippen molar-refractivity contribution < 1.29 is 17.4 Å². The lowest BCUT2D eigenvalue weighted by molar-refractivity contribution is -0.113. The number of benzene rings is 1. The van der Waals surface area contributed by atoms with Crippen LogP contribution in [0.1, 0.15) is 5.56 Å². The van der Waals surface area contributed by atoms with Crippen molar-refractivity contribution in [3.05, 3.63) is 29.8 Å². The van der Waals surface area contributed by atoms with Crippen molar-refractivity contribution in [3.8, 4) is 0 Å². The standard InChI is InChI=1S/C10H12ClNO4S/c1-17(14,15)16-7-8-2-4-9(5-3-8)12-10(13)6-11/h2-5H,6-7H2,1H3,(H,12,13). The van der Waals surface area contributed by atoms with Crippen LogP contribution in [0.3, 0.4) is 0 Å². The smallest absolute Gasteiger partial charge is 0.264 e. The van der Waals surface area contributed by atoms with Gasteiger partial charge in [-0.15, -0.1) is 11.6 Å². The first kappa shape index (κ1) is 14.0. The van der Waals surface area contributed by atoms with Gasteiger partial charge < -0.3 is 5.32 Å². The molecule has 0 radical (unpaired) electrons. The van der Waals surface area contributed by atoms with E-state index >= 15 is 0 Å². The predicted molar refractivity (Wildman–Crippen MR) is 65.4 cm³/mol. The molecule has 0 aliphatic heterocycles. The Hall–Kier alpha value is -1.11. The average Bonchev–Trinajstić information content (AvgIpc) is 2.27. The molecule has 0 saturated heterocycles. The van der Waals surface area contributed by atoms with Gasteiger partial charge in [0.15, 0.2) is 0 Å². The van der Waals surface area contributed by atoms with Gasteiger partial charge in [0, 0.05) is 5.69 Å². The van der Waals surface area contributed by atoms with Gasteiger partial charge in [-0.3, -0.25) is 8.98 Å². The second-order valence-corrected chi connectivity index (χ2v) is 5.26. The number of rotatable bonds is 5. The predicted octanol–water partition coefficient (Wildman–Crippen LogP) is 1.34. The molecule has 1 aromatic carbocycles. The highest BCUT2D eigenvalue weighted by Gasteiger charge is 2.03. The lowest BCUT2D eigenvalue weighted by Gasteiger charge is -2.05. The zero-order chi connectivity index (χ0) is 12.9. The van der Waals surface area contributed by atoms with E-state index in [0.29, 0.717) is 11.3 Å². The Labute approximate surface area is 105 Å². The average molecular weight is 278 g/mol. The van der Waals surface area contributed by atoms with Gasteiger partial charge in [-0.05, 0) is 17.7 Å². The van der Waals surface area contributed by atoms with Gasteiger partial charge in [0.25, 0.3) is 10.1 Å². The molecule has 1 aromatic rings. The lowest BCUT2D eigenvalue weighted by Crippen LogP contribution is -2.12. The molecule has 1 N–H and O–H groups in total. The molecule has 1 rings (SSSR count). The van der Waals surface area contributed by atoms with Crippen molar-refractivity contribution in [1.82, 2.24) is 0 Å². The van der Waals surface area contributed by atoms with Crippen LogP contribution in [-0.2, 0) is 25.7 Å². The monoisotopic (exact) mass is 277 g/mol. The first-order valence-corrected chi connectivity index (χ1v) is 7.05. The van der Waals surface area contributed by atoms with Crippen LogP contribution in [0.15, 0.2) is 24.3 Å². The molecule has 0 aliphatic carbocycles. The fraction of sp³-hybridized carbons (Fsp3) is 0.300. The molecule has 0 saturated carbocycles. The molecular formula is C10H12ClNO4S. The molecule has 0 bridgehead atoms. The number of carbonyl (C=O) groups is 1. The minimum atomic E-state index is -3.44. The van der Waals surface area contributed by atoms with Gasteiger partial charge in [0.05, 0.1) is 12.9 Å². The topological polar surface area (TPSA) is 72.5 Å². The summed E-state index contributed by atoms with van der Waals surface area (Å²) in [5.74, 6) is -0.411. The molecule has 0 heterocycles. The number of hydrogen-bond acceptors (Lipinski definition) is 4. The number of hydrogen-bond donors (Lipinski definition) is 1. The van der Waals surface area contributed by atoms with Crippen LogP contribution < -0.4 is 5.32 Å². The Morgan fingerprint density at radius 1 is 1.35 bits per heavy atom. The number of nitrogens with one attached hydrogen (secondary N) is 1. The molecule has 0 aromatic heterocycles. The van der Waals surface area contributed by atoms with Crippen molar-refractivity contribution in [3.63, 3.8) is 0 Å². The molecule has 0 spiro atoms. The van der Waals surface area contributed by atoms with Crippen molar-refractivity contribution >= 4 is 33.3 Å². The minimum Gasteiger partial charge on any atom is -0.325 e. The first-order chi connectivity index (χ1) is 7.90. The van der Waals surface area contributed by atoms with Crippen LogP contribution in [0.25, 0.3) is 0 Å². The Kier molecular flexibility index (Phi) is 4.92. The lowest BCUT2D eigenvalue weighted by atomic mass is 10.2. The van der Waals surface area contributed by atoms with Crippen LogP contribution in [0.4, 0.5) is 5.69 Å². The summed E-state index contributed by atoms with van der Waals surface area (Å²) >= 11 is 5.33. The maximum absolute atomic E-state index is 11.0. The Morgan fingerprint density at radius 3 is 2.41 bits per heavy atom. The van der Waals surface area contributed by atoms with E-state index in [1.165, 1.54) is 0 Å². The summed E-state index contributed by atoms with van der Waals surface area (Å²) in [7, 11) is -3.44. The highest BCUT2D eigenvalue weighted by molar-refractivity contribution is 7.85. The number of carbonyl (C=O) groups excluding carboxylic acids is 1. The molecule has 7 heteroatoms. The van der Waals surface area contributed by atoms with E-state index in [0.717, 1.165) is 6.26 Å². The fourth-order valence-corrected chi connectivity index (χ4v) is 1.47. The van der Waals surface area contributed by atoms with Crippen LogP contribution in [0.5, 0.6) is 0 Å². The summed E-state index contributed by atoms with van der Waals surface area (Å²) < 4.78 is 26.1. The van der Waals surface area contributed by atoms with Crippen LogP contribution in [0, 0.1) is 0 Å². The normalized spacial score (nSPS) is 11.2. The van der Waals surface area contributed by atoms with Gasteiger partial charge in [0.2, 0.25) is 5.91 Å². The summed E-state index contributed by atoms with van der Waals surface area (Å²) in [5.41, 5.74) is 1.29. The Morgan fingerprint density at radius 2 is 1.94 bits per heavy atom.